The first kappa shape index (κ1) is 27.0. The quantitative estimate of drug-likeness (QED) is 0.595. The molecule has 2 atom stereocenters. The van der Waals surface area contributed by atoms with E-state index in [1.807, 2.05) is 0 Å². The molecule has 35 heavy (non-hydrogen) atoms. The molecule has 196 valence electrons. The highest BCUT2D eigenvalue weighted by Gasteiger charge is 2.30. The van der Waals surface area contributed by atoms with Gasteiger partial charge in [-0.25, -0.2) is 4.79 Å². The Kier molecular flexibility index (Phi) is 9.21. The largest absolute Gasteiger partial charge is 0.489 e. The van der Waals surface area contributed by atoms with Crippen LogP contribution in [0.3, 0.4) is 0 Å². The number of carbonyl (C=O) groups is 2. The average Bonchev–Trinajstić information content (AvgIpc) is 3.05. The van der Waals surface area contributed by atoms with Crippen LogP contribution in [-0.2, 0) is 9.47 Å². The molecule has 2 aliphatic heterocycles. The van der Waals surface area contributed by atoms with E-state index in [2.05, 4.69) is 10.2 Å². The van der Waals surface area contributed by atoms with E-state index in [0.29, 0.717) is 56.5 Å². The van der Waals surface area contributed by atoms with Crippen molar-refractivity contribution >= 4 is 17.7 Å². The Morgan fingerprint density at radius 2 is 2.00 bits per heavy atom. The van der Waals surface area contributed by atoms with Gasteiger partial charge in [0, 0.05) is 52.2 Å². The summed E-state index contributed by atoms with van der Waals surface area (Å²) in [5, 5.41) is 13.5. The van der Waals surface area contributed by atoms with Gasteiger partial charge in [-0.1, -0.05) is 0 Å². The van der Waals surface area contributed by atoms with Gasteiger partial charge in [0.25, 0.3) is 5.91 Å². The first-order chi connectivity index (χ1) is 16.6. The predicted molar refractivity (Wildman–Crippen MR) is 131 cm³/mol. The fourth-order valence-electron chi connectivity index (χ4n) is 4.08. The molecule has 1 fully saturated rings. The Labute approximate surface area is 207 Å². The summed E-state index contributed by atoms with van der Waals surface area (Å²) in [5.41, 5.74) is 0.0820. The molecule has 2 amide bonds. The smallest absolute Gasteiger partial charge is 0.414 e. The number of aliphatic hydroxyl groups is 1. The minimum absolute atomic E-state index is 0.0545. The Bertz CT molecular complexity index is 887. The van der Waals surface area contributed by atoms with Crippen LogP contribution in [0.15, 0.2) is 12.1 Å². The number of nitrogens with one attached hydrogen (secondary N) is 1. The molecule has 3 rings (SSSR count). The maximum Gasteiger partial charge on any atom is 0.414 e. The molecule has 2 heterocycles. The molecule has 2 aliphatic rings. The number of piperidine rings is 1. The van der Waals surface area contributed by atoms with Crippen molar-refractivity contribution in [3.8, 4) is 11.5 Å². The van der Waals surface area contributed by atoms with E-state index >= 15 is 0 Å². The zero-order valence-electron chi connectivity index (χ0n) is 21.5. The van der Waals surface area contributed by atoms with E-state index in [4.69, 9.17) is 18.9 Å². The topological polar surface area (TPSA) is 110 Å². The van der Waals surface area contributed by atoms with E-state index in [1.54, 1.807) is 47.1 Å². The van der Waals surface area contributed by atoms with Crippen LogP contribution in [0.5, 0.6) is 11.5 Å². The summed E-state index contributed by atoms with van der Waals surface area (Å²) >= 11 is 0. The lowest BCUT2D eigenvalue weighted by molar-refractivity contribution is 0.0132. The first-order valence-corrected chi connectivity index (χ1v) is 12.2. The summed E-state index contributed by atoms with van der Waals surface area (Å²) in [6, 6.07) is 3.29. The number of methoxy groups -OCH3 is 1. The van der Waals surface area contributed by atoms with E-state index in [-0.39, 0.29) is 17.4 Å². The molecule has 10 heteroatoms. The molecule has 1 saturated heterocycles. The van der Waals surface area contributed by atoms with Gasteiger partial charge in [0.15, 0.2) is 11.5 Å². The van der Waals surface area contributed by atoms with E-state index in [1.165, 1.54) is 4.90 Å². The number of nitrogens with zero attached hydrogens (tertiary/aromatic N) is 2. The zero-order valence-corrected chi connectivity index (χ0v) is 21.5. The van der Waals surface area contributed by atoms with Gasteiger partial charge < -0.3 is 29.4 Å². The lowest BCUT2D eigenvalue weighted by Gasteiger charge is -2.35. The number of hydrogen-bond donors (Lipinski definition) is 2. The summed E-state index contributed by atoms with van der Waals surface area (Å²) in [6.07, 6.45) is 0.370. The lowest BCUT2D eigenvalue weighted by atomic mass is 9.93. The Hall–Kier alpha value is -2.56. The number of carbonyl (C=O) groups excluding carboxylic acids is 2. The molecule has 0 bridgehead atoms. The second-order valence-electron chi connectivity index (χ2n) is 10.0. The molecule has 0 spiro atoms. The van der Waals surface area contributed by atoms with Crippen LogP contribution in [-0.4, -0.2) is 93.9 Å². The number of anilines is 1. The molecular weight excluding hydrogens is 454 g/mol. The number of amides is 2. The van der Waals surface area contributed by atoms with Crippen LogP contribution in [0, 0.1) is 5.92 Å². The molecule has 2 N–H and O–H groups in total. The summed E-state index contributed by atoms with van der Waals surface area (Å²) in [4.78, 5) is 29.4. The van der Waals surface area contributed by atoms with Crippen molar-refractivity contribution in [2.75, 3.05) is 65.1 Å². The maximum atomic E-state index is 13.3. The summed E-state index contributed by atoms with van der Waals surface area (Å²) in [7, 11) is 3.25. The SMILES string of the molecule is COCCN1CC[C@@H](CNC(=O)c2cc(N(C)C(=O)OC(C)(C)C)cc3c2OCCCO3)C(O)C1. The van der Waals surface area contributed by atoms with Crippen molar-refractivity contribution in [2.45, 2.75) is 45.3 Å². The van der Waals surface area contributed by atoms with Crippen molar-refractivity contribution in [3.63, 3.8) is 0 Å². The van der Waals surface area contributed by atoms with Crippen molar-refractivity contribution < 1.29 is 33.6 Å². The molecule has 0 aliphatic carbocycles. The van der Waals surface area contributed by atoms with Crippen LogP contribution in [0.25, 0.3) is 0 Å². The predicted octanol–water partition coefficient (Wildman–Crippen LogP) is 2.28. The average molecular weight is 494 g/mol. The number of aliphatic hydroxyl groups excluding tert-OH is 1. The monoisotopic (exact) mass is 493 g/mol. The highest BCUT2D eigenvalue weighted by Crippen LogP contribution is 2.38. The summed E-state index contributed by atoms with van der Waals surface area (Å²) < 4.78 is 22.3. The number of β-amino-alcohol motifs (C(OH)–C–C–N with tert-alkyl or cyclic N) is 1. The minimum Gasteiger partial charge on any atom is -0.489 e. The van der Waals surface area contributed by atoms with Crippen LogP contribution in [0.1, 0.15) is 44.0 Å². The molecule has 1 unspecified atom stereocenters. The van der Waals surface area contributed by atoms with Gasteiger partial charge in [-0.05, 0) is 39.8 Å². The second-order valence-corrected chi connectivity index (χ2v) is 10.0. The van der Waals surface area contributed by atoms with Gasteiger partial charge >= 0.3 is 6.09 Å². The van der Waals surface area contributed by atoms with Gasteiger partial charge in [0.1, 0.15) is 5.60 Å². The van der Waals surface area contributed by atoms with Crippen LogP contribution in [0.4, 0.5) is 10.5 Å². The number of hydrogen-bond acceptors (Lipinski definition) is 8. The fraction of sp³-hybridized carbons (Fsp3) is 0.680. The van der Waals surface area contributed by atoms with E-state index in [9.17, 15) is 14.7 Å². The molecule has 1 aromatic carbocycles. The number of likely N-dealkylation sites (tertiary alicyclic amines) is 1. The summed E-state index contributed by atoms with van der Waals surface area (Å²) in [5.74, 6) is 0.365. The third-order valence-electron chi connectivity index (χ3n) is 6.07. The van der Waals surface area contributed by atoms with Gasteiger partial charge in [0.2, 0.25) is 0 Å². The number of rotatable bonds is 7. The van der Waals surface area contributed by atoms with Gasteiger partial charge in [0.05, 0.1) is 37.2 Å². The molecule has 0 saturated carbocycles. The Morgan fingerprint density at radius 3 is 2.69 bits per heavy atom. The Morgan fingerprint density at radius 1 is 1.26 bits per heavy atom. The third kappa shape index (κ3) is 7.46. The maximum absolute atomic E-state index is 13.3. The fourth-order valence-corrected chi connectivity index (χ4v) is 4.08. The summed E-state index contributed by atoms with van der Waals surface area (Å²) in [6.45, 7) is 9.36. The molecule has 0 radical (unpaired) electrons. The number of benzene rings is 1. The van der Waals surface area contributed by atoms with Crippen LogP contribution < -0.4 is 19.7 Å². The molecule has 0 aromatic heterocycles. The van der Waals surface area contributed by atoms with Gasteiger partial charge in [-0.2, -0.15) is 0 Å². The normalized spacial score (nSPS) is 20.6. The first-order valence-electron chi connectivity index (χ1n) is 12.2. The highest BCUT2D eigenvalue weighted by molar-refractivity contribution is 6.00. The van der Waals surface area contributed by atoms with Crippen LogP contribution >= 0.6 is 0 Å². The van der Waals surface area contributed by atoms with Crippen molar-refractivity contribution in [1.82, 2.24) is 10.2 Å². The molecule has 1 aromatic rings. The van der Waals surface area contributed by atoms with Gasteiger partial charge in [-0.3, -0.25) is 14.6 Å². The highest BCUT2D eigenvalue weighted by atomic mass is 16.6. The van der Waals surface area contributed by atoms with Crippen molar-refractivity contribution in [1.29, 1.82) is 0 Å². The Balaban J connectivity index is 1.74. The molecular formula is C25H39N3O7. The molecule has 10 nitrogen and oxygen atoms in total. The van der Waals surface area contributed by atoms with Crippen molar-refractivity contribution in [2.24, 2.45) is 5.92 Å². The lowest BCUT2D eigenvalue weighted by Crippen LogP contribution is -2.48. The minimum atomic E-state index is -0.656. The number of ether oxygens (including phenoxy) is 4. The van der Waals surface area contributed by atoms with E-state index in [0.717, 1.165) is 19.5 Å². The standard InChI is InChI=1S/C25H39N3O7/c1-25(2,3)35-24(31)27(4)18-13-19(22-21(14-18)33-10-6-11-34-22)23(30)26-15-17-7-8-28(9-12-32-5)16-20(17)29/h13-14,17,20,29H,6-12,15-16H2,1-5H3,(H,26,30)/t17-,20?/m0/s1. The third-order valence-corrected chi connectivity index (χ3v) is 6.07. The number of fused-ring (bicyclic) bond motifs is 1. The second kappa shape index (κ2) is 11.9. The zero-order chi connectivity index (χ0) is 25.6. The van der Waals surface area contributed by atoms with Crippen molar-refractivity contribution in [3.05, 3.63) is 17.7 Å². The van der Waals surface area contributed by atoms with E-state index < -0.39 is 17.8 Å². The van der Waals surface area contributed by atoms with Crippen LogP contribution in [0.2, 0.25) is 0 Å². The van der Waals surface area contributed by atoms with Gasteiger partial charge in [-0.15, -0.1) is 0 Å².